The molecule has 0 amide bonds. The summed E-state index contributed by atoms with van der Waals surface area (Å²) < 4.78 is 13.1. The van der Waals surface area contributed by atoms with Crippen molar-refractivity contribution >= 4 is 62.0 Å². The maximum Gasteiger partial charge on any atom is 0.163 e. The van der Waals surface area contributed by atoms with Crippen molar-refractivity contribution < 1.29 is 9.47 Å². The first-order valence-electron chi connectivity index (χ1n) is 12.1. The first-order valence-corrected chi connectivity index (χ1v) is 14.1. The van der Waals surface area contributed by atoms with Crippen LogP contribution in [0.5, 0.6) is 11.5 Å². The molecular weight excluding hydrogens is 559 g/mol. The molecule has 1 heterocycles. The largest absolute Gasteiger partial charge is 0.490 e. The van der Waals surface area contributed by atoms with Crippen molar-refractivity contribution in [2.45, 2.75) is 27.0 Å². The molecule has 0 radical (unpaired) electrons. The summed E-state index contributed by atoms with van der Waals surface area (Å²) in [5.41, 5.74) is 6.07. The molecule has 5 aromatic rings. The Morgan fingerprint density at radius 2 is 1.58 bits per heavy atom. The van der Waals surface area contributed by atoms with Crippen LogP contribution in [0.2, 0.25) is 15.1 Å². The Kier molecular flexibility index (Phi) is 8.29. The summed E-state index contributed by atoms with van der Waals surface area (Å²) in [5, 5.41) is 6.17. The average molecular weight is 584 g/mol. The Morgan fingerprint density at radius 3 is 2.34 bits per heavy atom. The zero-order chi connectivity index (χ0) is 26.6. The van der Waals surface area contributed by atoms with Gasteiger partial charge in [0, 0.05) is 44.5 Å². The monoisotopic (exact) mass is 582 g/mol. The van der Waals surface area contributed by atoms with Crippen LogP contribution in [0.1, 0.15) is 23.6 Å². The van der Waals surface area contributed by atoms with Crippen LogP contribution in [-0.2, 0) is 13.2 Å². The van der Waals surface area contributed by atoms with Crippen molar-refractivity contribution in [3.05, 3.63) is 105 Å². The Balaban J connectivity index is 1.27. The van der Waals surface area contributed by atoms with E-state index < -0.39 is 0 Å². The van der Waals surface area contributed by atoms with Gasteiger partial charge in [-0.2, -0.15) is 0 Å². The number of hydrogen-bond donors (Lipinski definition) is 1. The van der Waals surface area contributed by atoms with Gasteiger partial charge in [-0.1, -0.05) is 46.9 Å². The first-order chi connectivity index (χ1) is 18.4. The molecule has 0 saturated heterocycles. The van der Waals surface area contributed by atoms with E-state index in [1.54, 1.807) is 29.5 Å². The molecule has 0 bridgehead atoms. The van der Waals surface area contributed by atoms with Gasteiger partial charge in [-0.15, -0.1) is 11.3 Å². The fourth-order valence-corrected chi connectivity index (χ4v) is 5.72. The molecule has 0 fully saturated rings. The van der Waals surface area contributed by atoms with Crippen molar-refractivity contribution in [1.29, 1.82) is 0 Å². The average Bonchev–Trinajstić information content (AvgIpc) is 3.32. The minimum atomic E-state index is 0.268. The molecule has 0 atom stereocenters. The minimum Gasteiger partial charge on any atom is -0.490 e. The van der Waals surface area contributed by atoms with Gasteiger partial charge in [-0.05, 0) is 79.6 Å². The molecule has 5 rings (SSSR count). The van der Waals surface area contributed by atoms with Crippen LogP contribution in [0.15, 0.2) is 72.8 Å². The predicted molar refractivity (Wildman–Crippen MR) is 161 cm³/mol. The maximum absolute atomic E-state index is 6.63. The number of aromatic nitrogens is 1. The number of rotatable bonds is 9. The normalized spacial score (nSPS) is 11.1. The maximum atomic E-state index is 6.63. The number of benzene rings is 4. The Bertz CT molecular complexity index is 1590. The SMILES string of the molecule is CCOc1cc(CNc2ccc(-c3nc4ccc(C)cc4s3)cc2)c(Cl)cc1OCc1ccc(Cl)cc1Cl. The van der Waals surface area contributed by atoms with Gasteiger partial charge in [0.1, 0.15) is 11.6 Å². The fraction of sp³-hybridized carbons (Fsp3) is 0.167. The highest BCUT2D eigenvalue weighted by Crippen LogP contribution is 2.36. The molecule has 0 aliphatic rings. The second-order valence-electron chi connectivity index (χ2n) is 8.77. The number of nitrogens with zero attached hydrogens (tertiary/aromatic N) is 1. The molecule has 0 unspecified atom stereocenters. The van der Waals surface area contributed by atoms with Crippen molar-refractivity contribution in [3.63, 3.8) is 0 Å². The first kappa shape index (κ1) is 26.6. The summed E-state index contributed by atoms with van der Waals surface area (Å²) in [6.45, 7) is 5.33. The van der Waals surface area contributed by atoms with Gasteiger partial charge in [-0.25, -0.2) is 4.98 Å². The molecule has 38 heavy (non-hydrogen) atoms. The summed E-state index contributed by atoms with van der Waals surface area (Å²) in [7, 11) is 0. The molecule has 4 aromatic carbocycles. The molecule has 4 nitrogen and oxygen atoms in total. The minimum absolute atomic E-state index is 0.268. The lowest BCUT2D eigenvalue weighted by Crippen LogP contribution is -2.04. The highest BCUT2D eigenvalue weighted by Gasteiger charge is 2.13. The third-order valence-corrected chi connectivity index (χ3v) is 7.98. The van der Waals surface area contributed by atoms with E-state index in [-0.39, 0.29) is 6.61 Å². The topological polar surface area (TPSA) is 43.4 Å². The molecule has 8 heteroatoms. The van der Waals surface area contributed by atoms with Crippen LogP contribution in [0, 0.1) is 6.92 Å². The number of ether oxygens (including phenoxy) is 2. The van der Waals surface area contributed by atoms with Crippen molar-refractivity contribution in [2.75, 3.05) is 11.9 Å². The van der Waals surface area contributed by atoms with Crippen LogP contribution in [0.25, 0.3) is 20.8 Å². The number of fused-ring (bicyclic) bond motifs is 1. The van der Waals surface area contributed by atoms with Crippen molar-refractivity contribution in [1.82, 2.24) is 4.98 Å². The number of anilines is 1. The lowest BCUT2D eigenvalue weighted by Gasteiger charge is -2.16. The summed E-state index contributed by atoms with van der Waals surface area (Å²) in [6.07, 6.45) is 0. The highest BCUT2D eigenvalue weighted by molar-refractivity contribution is 7.21. The number of halogens is 3. The molecular formula is C30H25Cl3N2O2S. The third kappa shape index (κ3) is 6.19. The van der Waals surface area contributed by atoms with Crippen LogP contribution in [-0.4, -0.2) is 11.6 Å². The van der Waals surface area contributed by atoms with Gasteiger partial charge in [0.2, 0.25) is 0 Å². The third-order valence-electron chi connectivity index (χ3n) is 5.97. The molecule has 0 aliphatic carbocycles. The van der Waals surface area contributed by atoms with Crippen LogP contribution in [0.3, 0.4) is 0 Å². The quantitative estimate of drug-likeness (QED) is 0.187. The molecule has 1 aromatic heterocycles. The second kappa shape index (κ2) is 11.8. The smallest absolute Gasteiger partial charge is 0.163 e. The summed E-state index contributed by atoms with van der Waals surface area (Å²) in [4.78, 5) is 4.78. The molecule has 0 saturated carbocycles. The number of aryl methyl sites for hydroxylation is 1. The van der Waals surface area contributed by atoms with Crippen molar-refractivity contribution in [2.24, 2.45) is 0 Å². The van der Waals surface area contributed by atoms with Crippen LogP contribution >= 0.6 is 46.1 Å². The van der Waals surface area contributed by atoms with Gasteiger partial charge in [0.25, 0.3) is 0 Å². The Morgan fingerprint density at radius 1 is 0.816 bits per heavy atom. The van der Waals surface area contributed by atoms with Gasteiger partial charge < -0.3 is 14.8 Å². The molecule has 194 valence electrons. The number of thiazole rings is 1. The van der Waals surface area contributed by atoms with Crippen LogP contribution in [0.4, 0.5) is 5.69 Å². The predicted octanol–water partition coefficient (Wildman–Crippen LogP) is 9.82. The summed E-state index contributed by atoms with van der Waals surface area (Å²) >= 11 is 20.6. The van der Waals surface area contributed by atoms with Crippen LogP contribution < -0.4 is 14.8 Å². The zero-order valence-electron chi connectivity index (χ0n) is 20.9. The van der Waals surface area contributed by atoms with Gasteiger partial charge in [0.05, 0.1) is 16.8 Å². The van der Waals surface area contributed by atoms with E-state index in [2.05, 4.69) is 54.7 Å². The van der Waals surface area contributed by atoms with E-state index in [0.29, 0.717) is 39.7 Å². The number of hydrogen-bond acceptors (Lipinski definition) is 5. The van der Waals surface area contributed by atoms with E-state index in [4.69, 9.17) is 49.3 Å². The van der Waals surface area contributed by atoms with E-state index in [9.17, 15) is 0 Å². The molecule has 0 spiro atoms. The van der Waals surface area contributed by atoms with E-state index in [0.717, 1.165) is 32.9 Å². The summed E-state index contributed by atoms with van der Waals surface area (Å²) in [6, 6.07) is 23.6. The lowest BCUT2D eigenvalue weighted by atomic mass is 10.1. The fourth-order valence-electron chi connectivity index (χ4n) is 3.97. The Labute approximate surface area is 241 Å². The number of nitrogens with one attached hydrogen (secondary N) is 1. The van der Waals surface area contributed by atoms with Gasteiger partial charge >= 0.3 is 0 Å². The highest BCUT2D eigenvalue weighted by atomic mass is 35.5. The van der Waals surface area contributed by atoms with Gasteiger partial charge in [0.15, 0.2) is 11.5 Å². The van der Waals surface area contributed by atoms with Gasteiger partial charge in [-0.3, -0.25) is 0 Å². The molecule has 0 aliphatic heterocycles. The zero-order valence-corrected chi connectivity index (χ0v) is 23.9. The van der Waals surface area contributed by atoms with E-state index >= 15 is 0 Å². The lowest BCUT2D eigenvalue weighted by molar-refractivity contribution is 0.269. The summed E-state index contributed by atoms with van der Waals surface area (Å²) in [5.74, 6) is 1.18. The van der Waals surface area contributed by atoms with E-state index in [1.807, 2.05) is 19.1 Å². The second-order valence-corrected chi connectivity index (χ2v) is 11.1. The van der Waals surface area contributed by atoms with Crippen molar-refractivity contribution in [3.8, 4) is 22.1 Å². The van der Waals surface area contributed by atoms with E-state index in [1.165, 1.54) is 10.3 Å². The Hall–Kier alpha value is -2.96. The standard InChI is InChI=1S/C30H25Cl3N2O2S/c1-3-36-27-13-21(25(33)15-28(27)37-17-20-5-8-22(31)14-24(20)32)16-34-23-9-6-19(7-10-23)30-35-26-11-4-18(2)12-29(26)38-30/h4-15,34H,3,16-17H2,1-2H3. The molecule has 1 N–H and O–H groups in total.